The second-order valence-corrected chi connectivity index (χ2v) is 8.32. The molecule has 1 aliphatic rings. The summed E-state index contributed by atoms with van der Waals surface area (Å²) in [5, 5.41) is 0. The van der Waals surface area contributed by atoms with E-state index in [-0.39, 0.29) is 12.7 Å². The van der Waals surface area contributed by atoms with Crippen molar-refractivity contribution < 1.29 is 26.8 Å². The van der Waals surface area contributed by atoms with Crippen LogP contribution in [-0.4, -0.2) is 18.2 Å². The number of nitrogens with one attached hydrogen (secondary N) is 1. The molecule has 1 aromatic heterocycles. The van der Waals surface area contributed by atoms with Crippen LogP contribution in [0, 0.1) is 0 Å². The molecule has 3 aromatic rings. The second kappa shape index (κ2) is 10.4. The third-order valence-corrected chi connectivity index (χ3v) is 5.71. The second-order valence-electron chi connectivity index (χ2n) is 7.61. The van der Waals surface area contributed by atoms with Crippen molar-refractivity contribution in [2.75, 3.05) is 11.8 Å². The molecule has 4 rings (SSSR count). The molecule has 0 amide bonds. The van der Waals surface area contributed by atoms with Crippen LogP contribution in [-0.2, 0) is 17.0 Å². The highest BCUT2D eigenvalue weighted by Gasteiger charge is 2.30. The van der Waals surface area contributed by atoms with Crippen LogP contribution in [0.4, 0.5) is 18.9 Å². The van der Waals surface area contributed by atoms with Crippen LogP contribution in [0.25, 0.3) is 11.1 Å². The maximum Gasteiger partial charge on any atom is 0.416 e. The Kier molecular flexibility index (Phi) is 7.29. The normalized spacial score (nSPS) is 13.9. The van der Waals surface area contributed by atoms with Gasteiger partial charge in [-0.15, -0.1) is 0 Å². The van der Waals surface area contributed by atoms with Gasteiger partial charge in [-0.3, -0.25) is 0 Å². The van der Waals surface area contributed by atoms with Crippen LogP contribution >= 0.6 is 12.2 Å². The predicted molar refractivity (Wildman–Crippen MR) is 122 cm³/mol. The van der Waals surface area contributed by atoms with Crippen molar-refractivity contribution in [3.8, 4) is 22.8 Å². The third-order valence-electron chi connectivity index (χ3n) is 5.24. The molecule has 0 aliphatic heterocycles. The van der Waals surface area contributed by atoms with E-state index in [1.165, 1.54) is 6.07 Å². The first-order chi connectivity index (χ1) is 15.9. The van der Waals surface area contributed by atoms with Gasteiger partial charge >= 0.3 is 6.18 Å². The fourth-order valence-electron chi connectivity index (χ4n) is 3.28. The van der Waals surface area contributed by atoms with Crippen LogP contribution in [0.2, 0.25) is 0 Å². The molecule has 5 nitrogen and oxygen atoms in total. The lowest BCUT2D eigenvalue weighted by atomic mass is 9.96. The molecule has 0 bridgehead atoms. The van der Waals surface area contributed by atoms with E-state index in [1.54, 1.807) is 25.4 Å². The molecule has 174 valence electrons. The van der Waals surface area contributed by atoms with Crippen molar-refractivity contribution in [3.63, 3.8) is 0 Å². The van der Waals surface area contributed by atoms with Gasteiger partial charge in [0, 0.05) is 11.8 Å². The minimum atomic E-state index is -4.38. The molecule has 0 radical (unpaired) electrons. The molecule has 1 saturated carbocycles. The minimum Gasteiger partial charge on any atom is -0.489 e. The SMILES string of the molecule is COSNc1cc(-c2cccc(OCc3cccc(C(F)(F)F)c3)c2)cnc1OC1CCC1. The number of rotatable bonds is 9. The van der Waals surface area contributed by atoms with Gasteiger partial charge in [-0.1, -0.05) is 24.3 Å². The highest BCUT2D eigenvalue weighted by molar-refractivity contribution is 7.96. The molecule has 33 heavy (non-hydrogen) atoms. The van der Waals surface area contributed by atoms with Gasteiger partial charge in [0.2, 0.25) is 5.88 Å². The fourth-order valence-corrected chi connectivity index (χ4v) is 3.60. The monoisotopic (exact) mass is 476 g/mol. The zero-order chi connectivity index (χ0) is 23.3. The van der Waals surface area contributed by atoms with Gasteiger partial charge in [-0.2, -0.15) is 13.2 Å². The number of pyridine rings is 1. The number of benzene rings is 2. The summed E-state index contributed by atoms with van der Waals surface area (Å²) in [6, 6.07) is 14.4. The Bertz CT molecular complexity index is 1090. The smallest absolute Gasteiger partial charge is 0.416 e. The lowest BCUT2D eigenvalue weighted by Crippen LogP contribution is -2.25. The Morgan fingerprint density at radius 3 is 2.61 bits per heavy atom. The number of hydrogen-bond acceptors (Lipinski definition) is 6. The van der Waals surface area contributed by atoms with E-state index in [0.717, 1.165) is 54.8 Å². The summed E-state index contributed by atoms with van der Waals surface area (Å²) >= 11 is 1.07. The van der Waals surface area contributed by atoms with Crippen molar-refractivity contribution >= 4 is 17.9 Å². The summed E-state index contributed by atoms with van der Waals surface area (Å²) in [7, 11) is 1.56. The Balaban J connectivity index is 1.49. The van der Waals surface area contributed by atoms with E-state index in [4.69, 9.17) is 13.7 Å². The fraction of sp³-hybridized carbons (Fsp3) is 0.292. The molecule has 0 unspecified atom stereocenters. The summed E-state index contributed by atoms with van der Waals surface area (Å²) in [4.78, 5) is 4.48. The molecule has 2 aromatic carbocycles. The van der Waals surface area contributed by atoms with Crippen molar-refractivity contribution in [1.29, 1.82) is 0 Å². The maximum atomic E-state index is 12.9. The highest BCUT2D eigenvalue weighted by atomic mass is 32.2. The summed E-state index contributed by atoms with van der Waals surface area (Å²) in [6.07, 6.45) is 0.722. The molecular weight excluding hydrogens is 453 g/mol. The summed E-state index contributed by atoms with van der Waals surface area (Å²) in [5.41, 5.74) is 2.13. The van der Waals surface area contributed by atoms with E-state index in [9.17, 15) is 13.2 Å². The number of ether oxygens (including phenoxy) is 2. The lowest BCUT2D eigenvalue weighted by Gasteiger charge is -2.26. The topological polar surface area (TPSA) is 52.6 Å². The predicted octanol–water partition coefficient (Wildman–Crippen LogP) is 6.90. The quantitative estimate of drug-likeness (QED) is 0.268. The molecule has 1 fully saturated rings. The summed E-state index contributed by atoms with van der Waals surface area (Å²) in [6.45, 7) is 0.0249. The van der Waals surface area contributed by atoms with Crippen molar-refractivity contribution in [2.45, 2.75) is 38.1 Å². The van der Waals surface area contributed by atoms with Gasteiger partial charge in [-0.05, 0) is 60.7 Å². The molecule has 1 aliphatic carbocycles. The van der Waals surface area contributed by atoms with E-state index in [2.05, 4.69) is 9.71 Å². The van der Waals surface area contributed by atoms with Crippen LogP contribution in [0.3, 0.4) is 0 Å². The van der Waals surface area contributed by atoms with Crippen LogP contribution in [0.5, 0.6) is 11.6 Å². The van der Waals surface area contributed by atoms with Gasteiger partial charge < -0.3 is 18.4 Å². The van der Waals surface area contributed by atoms with Gasteiger partial charge in [0.05, 0.1) is 12.7 Å². The molecule has 9 heteroatoms. The minimum absolute atomic E-state index is 0.0249. The van der Waals surface area contributed by atoms with Gasteiger partial charge in [-0.25, -0.2) is 4.98 Å². The average Bonchev–Trinajstić information content (AvgIpc) is 2.79. The molecule has 1 N–H and O–H groups in total. The average molecular weight is 477 g/mol. The maximum absolute atomic E-state index is 12.9. The first kappa shape index (κ1) is 23.3. The van der Waals surface area contributed by atoms with Crippen LogP contribution < -0.4 is 14.2 Å². The summed E-state index contributed by atoms with van der Waals surface area (Å²) in [5.74, 6) is 1.06. The Labute approximate surface area is 194 Å². The van der Waals surface area contributed by atoms with Crippen molar-refractivity contribution in [3.05, 3.63) is 71.9 Å². The lowest BCUT2D eigenvalue weighted by molar-refractivity contribution is -0.137. The molecule has 1 heterocycles. The van der Waals surface area contributed by atoms with Gasteiger partial charge in [0.15, 0.2) is 0 Å². The Hall–Kier alpha value is -2.91. The number of halogens is 3. The first-order valence-corrected chi connectivity index (χ1v) is 11.2. The van der Waals surface area contributed by atoms with Crippen molar-refractivity contribution in [2.24, 2.45) is 0 Å². The van der Waals surface area contributed by atoms with E-state index in [1.807, 2.05) is 24.3 Å². The zero-order valence-corrected chi connectivity index (χ0v) is 18.7. The largest absolute Gasteiger partial charge is 0.489 e. The van der Waals surface area contributed by atoms with E-state index in [0.29, 0.717) is 22.9 Å². The van der Waals surface area contributed by atoms with Gasteiger partial charge in [0.1, 0.15) is 36.4 Å². The molecule has 0 saturated heterocycles. The Morgan fingerprint density at radius 2 is 1.88 bits per heavy atom. The highest BCUT2D eigenvalue weighted by Crippen LogP contribution is 2.34. The standard InChI is InChI=1S/C24H23F3N2O3S/c1-30-33-29-22-13-18(14-28-23(22)32-20-8-4-9-20)17-6-3-10-21(12-17)31-15-16-5-2-7-19(11-16)24(25,26)27/h2-3,5-7,10-14,20,29H,4,8-9,15H2,1H3. The number of hydrogen-bond donors (Lipinski definition) is 1. The van der Waals surface area contributed by atoms with E-state index < -0.39 is 11.7 Å². The van der Waals surface area contributed by atoms with Crippen molar-refractivity contribution in [1.82, 2.24) is 4.98 Å². The summed E-state index contributed by atoms with van der Waals surface area (Å²) < 4.78 is 58.7. The first-order valence-electron chi connectivity index (χ1n) is 10.4. The third kappa shape index (κ3) is 6.11. The van der Waals surface area contributed by atoms with Gasteiger partial charge in [0.25, 0.3) is 0 Å². The van der Waals surface area contributed by atoms with Crippen LogP contribution in [0.1, 0.15) is 30.4 Å². The van der Waals surface area contributed by atoms with E-state index >= 15 is 0 Å². The Morgan fingerprint density at radius 1 is 1.06 bits per heavy atom. The van der Waals surface area contributed by atoms with Crippen LogP contribution in [0.15, 0.2) is 60.8 Å². The molecule has 0 atom stereocenters. The number of anilines is 1. The molecule has 0 spiro atoms. The number of aromatic nitrogens is 1. The molecular formula is C24H23F3N2O3S. The number of alkyl halides is 3. The number of nitrogens with zero attached hydrogens (tertiary/aromatic N) is 1. The zero-order valence-electron chi connectivity index (χ0n) is 17.9.